The lowest BCUT2D eigenvalue weighted by molar-refractivity contribution is 1.48. The van der Waals surface area contributed by atoms with Crippen molar-refractivity contribution in [2.24, 2.45) is 0 Å². The first-order valence-electron chi connectivity index (χ1n) is 2.41. The minimum absolute atomic E-state index is 0. The Morgan fingerprint density at radius 2 is 1.44 bits per heavy atom. The molecule has 0 radical (unpaired) electrons. The van der Waals surface area contributed by atoms with Gasteiger partial charge in [-0.3, -0.25) is 0 Å². The van der Waals surface area contributed by atoms with Gasteiger partial charge in [0.25, 0.3) is 0 Å². The second kappa shape index (κ2) is 6.17. The van der Waals surface area contributed by atoms with Crippen LogP contribution in [-0.4, -0.2) is 0 Å². The highest BCUT2D eigenvalue weighted by atomic mass is 79.9. The maximum Gasteiger partial charge on any atom is -0.0398 e. The molecule has 0 nitrogen and oxygen atoms in total. The Bertz CT molecular complexity index is 139. The quantitative estimate of drug-likeness (QED) is 0.613. The molecule has 0 heterocycles. The number of hydrogen-bond acceptors (Lipinski definition) is 0. The summed E-state index contributed by atoms with van der Waals surface area (Å²) in [6, 6.07) is 10.3. The van der Waals surface area contributed by atoms with Gasteiger partial charge in [0.2, 0.25) is 0 Å². The van der Waals surface area contributed by atoms with Crippen LogP contribution in [0.4, 0.5) is 0 Å². The fraction of sp³-hybridized carbons (Fsp3) is 0.143. The lowest BCUT2D eigenvalue weighted by atomic mass is 10.2. The Morgan fingerprint density at radius 1 is 1.00 bits per heavy atom. The summed E-state index contributed by atoms with van der Waals surface area (Å²) in [6.45, 7) is 2.08. The molecule has 0 aromatic heterocycles. The second-order valence-electron chi connectivity index (χ2n) is 1.65. The van der Waals surface area contributed by atoms with E-state index >= 15 is 0 Å². The molecule has 2 heteroatoms. The summed E-state index contributed by atoms with van der Waals surface area (Å²) in [5.41, 5.74) is 1.32. The fourth-order valence-electron chi connectivity index (χ4n) is 0.534. The number of aryl methyl sites for hydroxylation is 1. The van der Waals surface area contributed by atoms with E-state index in [0.717, 1.165) is 0 Å². The first-order valence-corrected chi connectivity index (χ1v) is 2.41. The van der Waals surface area contributed by atoms with Crippen LogP contribution in [0.2, 0.25) is 0 Å². The average molecular weight is 207 g/mol. The standard InChI is InChI=1S/C7H8.BrH.H2S/c1-7-5-3-2-4-6-7;;/h2-6H,1H3;1H;1H2. The summed E-state index contributed by atoms with van der Waals surface area (Å²) in [4.78, 5) is 0. The zero-order valence-electron chi connectivity index (χ0n) is 5.29. The molecule has 0 N–H and O–H groups in total. The number of rotatable bonds is 0. The zero-order valence-corrected chi connectivity index (χ0v) is 8.01. The van der Waals surface area contributed by atoms with Gasteiger partial charge >= 0.3 is 0 Å². The van der Waals surface area contributed by atoms with Crippen molar-refractivity contribution in [1.29, 1.82) is 0 Å². The van der Waals surface area contributed by atoms with Crippen molar-refractivity contribution in [3.8, 4) is 0 Å². The van der Waals surface area contributed by atoms with Crippen LogP contribution in [0, 0.1) is 6.92 Å². The van der Waals surface area contributed by atoms with Gasteiger partial charge in [-0.1, -0.05) is 35.9 Å². The molecule has 0 amide bonds. The van der Waals surface area contributed by atoms with E-state index in [1.165, 1.54) is 5.56 Å². The highest BCUT2D eigenvalue weighted by Crippen LogP contribution is 1.92. The van der Waals surface area contributed by atoms with Crippen LogP contribution in [0.25, 0.3) is 0 Å². The third kappa shape index (κ3) is 4.55. The van der Waals surface area contributed by atoms with Gasteiger partial charge in [0, 0.05) is 0 Å². The lowest BCUT2D eigenvalue weighted by Crippen LogP contribution is -1.62. The normalized spacial score (nSPS) is 6.78. The van der Waals surface area contributed by atoms with Crippen molar-refractivity contribution in [3.05, 3.63) is 35.9 Å². The molecule has 9 heavy (non-hydrogen) atoms. The zero-order chi connectivity index (χ0) is 5.11. The number of halogens is 1. The van der Waals surface area contributed by atoms with Crippen LogP contribution in [0.1, 0.15) is 5.56 Å². The first kappa shape index (κ1) is 11.8. The molecular weight excluding hydrogens is 196 g/mol. The molecule has 0 atom stereocenters. The van der Waals surface area contributed by atoms with Crippen molar-refractivity contribution in [3.63, 3.8) is 0 Å². The fourth-order valence-corrected chi connectivity index (χ4v) is 0.534. The Balaban J connectivity index is 0. The Hall–Kier alpha value is 0.0500. The van der Waals surface area contributed by atoms with E-state index < -0.39 is 0 Å². The molecule has 1 aromatic carbocycles. The Kier molecular flexibility index (Phi) is 8.09. The predicted octanol–water partition coefficient (Wildman–Crippen LogP) is 2.69. The van der Waals surface area contributed by atoms with E-state index in [4.69, 9.17) is 0 Å². The SMILES string of the molecule is Br.Cc1ccccc1.S. The van der Waals surface area contributed by atoms with Crippen LogP contribution in [0.5, 0.6) is 0 Å². The van der Waals surface area contributed by atoms with Crippen molar-refractivity contribution in [1.82, 2.24) is 0 Å². The molecule has 1 rings (SSSR count). The monoisotopic (exact) mass is 206 g/mol. The third-order valence-electron chi connectivity index (χ3n) is 0.940. The largest absolute Gasteiger partial charge is 0.197 e. The van der Waals surface area contributed by atoms with Gasteiger partial charge in [-0.05, 0) is 6.92 Å². The number of hydrogen-bond donors (Lipinski definition) is 0. The summed E-state index contributed by atoms with van der Waals surface area (Å²) in [7, 11) is 0. The van der Waals surface area contributed by atoms with Crippen LogP contribution in [-0.2, 0) is 0 Å². The summed E-state index contributed by atoms with van der Waals surface area (Å²) in [5.74, 6) is 0. The van der Waals surface area contributed by atoms with E-state index in [0.29, 0.717) is 0 Å². The molecule has 0 unspecified atom stereocenters. The predicted molar refractivity (Wildman–Crippen MR) is 51.9 cm³/mol. The minimum Gasteiger partial charge on any atom is -0.197 e. The second-order valence-corrected chi connectivity index (χ2v) is 1.65. The van der Waals surface area contributed by atoms with Crippen LogP contribution >= 0.6 is 30.5 Å². The van der Waals surface area contributed by atoms with Gasteiger partial charge in [0.15, 0.2) is 0 Å². The molecule has 0 saturated carbocycles. The van der Waals surface area contributed by atoms with Crippen LogP contribution < -0.4 is 0 Å². The van der Waals surface area contributed by atoms with Crippen molar-refractivity contribution in [2.75, 3.05) is 0 Å². The molecule has 0 aliphatic rings. The summed E-state index contributed by atoms with van der Waals surface area (Å²) in [5, 5.41) is 0. The molecule has 0 aliphatic carbocycles. The number of benzene rings is 1. The van der Waals surface area contributed by atoms with E-state index in [1.54, 1.807) is 0 Å². The molecule has 0 saturated heterocycles. The summed E-state index contributed by atoms with van der Waals surface area (Å²) >= 11 is 0. The Morgan fingerprint density at radius 3 is 1.67 bits per heavy atom. The topological polar surface area (TPSA) is 0 Å². The highest BCUT2D eigenvalue weighted by molar-refractivity contribution is 8.93. The Labute approximate surface area is 73.5 Å². The molecule has 52 valence electrons. The van der Waals surface area contributed by atoms with Gasteiger partial charge in [0.1, 0.15) is 0 Å². The van der Waals surface area contributed by atoms with Gasteiger partial charge in [-0.25, -0.2) is 0 Å². The maximum absolute atomic E-state index is 2.08. The molecule has 0 spiro atoms. The van der Waals surface area contributed by atoms with Crippen molar-refractivity contribution >= 4 is 30.5 Å². The van der Waals surface area contributed by atoms with Gasteiger partial charge in [-0.2, -0.15) is 13.5 Å². The van der Waals surface area contributed by atoms with Gasteiger partial charge < -0.3 is 0 Å². The molecule has 0 bridgehead atoms. The summed E-state index contributed by atoms with van der Waals surface area (Å²) < 4.78 is 0. The maximum atomic E-state index is 2.08. The molecule has 0 aliphatic heterocycles. The van der Waals surface area contributed by atoms with Crippen molar-refractivity contribution in [2.45, 2.75) is 6.92 Å². The van der Waals surface area contributed by atoms with Gasteiger partial charge in [-0.15, -0.1) is 17.0 Å². The lowest BCUT2D eigenvalue weighted by Gasteiger charge is -1.82. The first-order chi connectivity index (χ1) is 3.39. The smallest absolute Gasteiger partial charge is 0.0398 e. The highest BCUT2D eigenvalue weighted by Gasteiger charge is 1.72. The van der Waals surface area contributed by atoms with E-state index in [-0.39, 0.29) is 30.5 Å². The molecular formula is C7H11BrS. The van der Waals surface area contributed by atoms with Gasteiger partial charge in [0.05, 0.1) is 0 Å². The average Bonchev–Trinajstić information content (AvgIpc) is 1.69. The summed E-state index contributed by atoms with van der Waals surface area (Å²) in [6.07, 6.45) is 0. The minimum atomic E-state index is 0. The molecule has 1 aromatic rings. The van der Waals surface area contributed by atoms with Crippen LogP contribution in [0.15, 0.2) is 30.3 Å². The van der Waals surface area contributed by atoms with Crippen molar-refractivity contribution < 1.29 is 0 Å². The van der Waals surface area contributed by atoms with Crippen LogP contribution in [0.3, 0.4) is 0 Å². The third-order valence-corrected chi connectivity index (χ3v) is 0.940. The van der Waals surface area contributed by atoms with E-state index in [9.17, 15) is 0 Å². The molecule has 0 fully saturated rings. The van der Waals surface area contributed by atoms with E-state index in [2.05, 4.69) is 19.1 Å². The van der Waals surface area contributed by atoms with E-state index in [1.807, 2.05) is 18.2 Å².